The molecule has 5 nitrogen and oxygen atoms in total. The Kier molecular flexibility index (Phi) is 5.96. The van der Waals surface area contributed by atoms with Crippen molar-refractivity contribution in [3.63, 3.8) is 0 Å². The second-order valence-corrected chi connectivity index (χ2v) is 15.9. The van der Waals surface area contributed by atoms with E-state index in [1.54, 1.807) is 14.1 Å². The zero-order valence-electron chi connectivity index (χ0n) is 24.8. The molecule has 1 N–H and O–H groups in total. The van der Waals surface area contributed by atoms with E-state index in [4.69, 9.17) is 9.47 Å². The highest BCUT2D eigenvalue weighted by atomic mass is 16.6. The second-order valence-electron chi connectivity index (χ2n) is 15.9. The first-order valence-corrected chi connectivity index (χ1v) is 15.5. The Morgan fingerprint density at radius 1 is 1.00 bits per heavy atom. The topological polar surface area (TPSA) is 59.0 Å². The lowest BCUT2D eigenvalue weighted by Gasteiger charge is -2.59. The fourth-order valence-corrected chi connectivity index (χ4v) is 11.9. The number of carbonyl (C=O) groups excluding carboxylic acids is 1. The van der Waals surface area contributed by atoms with Crippen LogP contribution in [-0.2, 0) is 9.47 Å². The van der Waals surface area contributed by atoms with Crippen LogP contribution in [-0.4, -0.2) is 54.6 Å². The van der Waals surface area contributed by atoms with Gasteiger partial charge in [0, 0.05) is 14.1 Å². The van der Waals surface area contributed by atoms with Crippen molar-refractivity contribution >= 4 is 6.09 Å². The van der Waals surface area contributed by atoms with Crippen LogP contribution in [0.1, 0.15) is 99.3 Å². The van der Waals surface area contributed by atoms with Crippen molar-refractivity contribution in [1.82, 2.24) is 4.90 Å². The van der Waals surface area contributed by atoms with E-state index in [2.05, 4.69) is 41.5 Å². The SMILES string of the molecule is CC(C)[C@@H](OC(=O)N(C)C)C1C[C@@H](C)[C@H]2C(CC3C4CC[C@H]5C(C)(C)[C@@H](O)CC[C@@]56C[C@@]46CCC32C)O1. The standard InChI is InChI=1S/C32H53NO4/c1-18(2)27(37-28(35)33(7)8)23-15-19(3)26-22(36-23)16-21-20-9-10-24-29(4,5)25(34)11-12-32(24)17-31(20,32)14-13-30(21,26)6/h18-27,34H,9-17H2,1-8H3/t19-,20?,21?,22?,23?,24+,25+,26+,27-,30?,31+,32-/m1/s1. The summed E-state index contributed by atoms with van der Waals surface area (Å²) in [7, 11) is 3.51. The number of aliphatic hydroxyl groups is 1. The summed E-state index contributed by atoms with van der Waals surface area (Å²) >= 11 is 0. The van der Waals surface area contributed by atoms with Gasteiger partial charge < -0.3 is 19.5 Å². The molecule has 12 atom stereocenters. The van der Waals surface area contributed by atoms with E-state index >= 15 is 0 Å². The number of amides is 1. The lowest BCUT2D eigenvalue weighted by Crippen LogP contribution is -2.55. The molecule has 5 heteroatoms. The van der Waals surface area contributed by atoms with Crippen LogP contribution in [0.25, 0.3) is 0 Å². The van der Waals surface area contributed by atoms with Crippen LogP contribution in [0, 0.1) is 57.2 Å². The molecule has 1 heterocycles. The monoisotopic (exact) mass is 515 g/mol. The van der Waals surface area contributed by atoms with Gasteiger partial charge in [-0.1, -0.05) is 41.5 Å². The maximum atomic E-state index is 12.5. The molecule has 1 saturated heterocycles. The molecule has 0 aromatic carbocycles. The van der Waals surface area contributed by atoms with Gasteiger partial charge in [0.1, 0.15) is 6.10 Å². The summed E-state index contributed by atoms with van der Waals surface area (Å²) in [6, 6.07) is 0. The van der Waals surface area contributed by atoms with E-state index in [0.29, 0.717) is 34.0 Å². The van der Waals surface area contributed by atoms with Gasteiger partial charge in [0.25, 0.3) is 0 Å². The molecule has 37 heavy (non-hydrogen) atoms. The van der Waals surface area contributed by atoms with Gasteiger partial charge in [-0.2, -0.15) is 0 Å². The number of carbonyl (C=O) groups is 1. The predicted octanol–water partition coefficient (Wildman–Crippen LogP) is 6.52. The number of rotatable bonds is 3. The minimum atomic E-state index is -0.262. The Labute approximate surface area is 225 Å². The number of fused-ring (bicyclic) bond motifs is 4. The number of aliphatic hydroxyl groups excluding tert-OH is 1. The molecular formula is C32H53NO4. The van der Waals surface area contributed by atoms with Gasteiger partial charge in [0.15, 0.2) is 0 Å². The quantitative estimate of drug-likeness (QED) is 0.465. The second kappa shape index (κ2) is 8.35. The van der Waals surface area contributed by atoms with Gasteiger partial charge in [0.05, 0.1) is 18.3 Å². The summed E-state index contributed by atoms with van der Waals surface area (Å²) in [6.07, 6.45) is 10.9. The fraction of sp³-hybridized carbons (Fsp3) is 0.969. The summed E-state index contributed by atoms with van der Waals surface area (Å²) in [6.45, 7) is 14.1. The maximum Gasteiger partial charge on any atom is 0.409 e. The van der Waals surface area contributed by atoms with Gasteiger partial charge in [0.2, 0.25) is 0 Å². The first-order valence-electron chi connectivity index (χ1n) is 15.5. The number of hydrogen-bond acceptors (Lipinski definition) is 4. The van der Waals surface area contributed by atoms with Crippen molar-refractivity contribution in [3.05, 3.63) is 0 Å². The van der Waals surface area contributed by atoms with Gasteiger partial charge in [-0.05, 0) is 115 Å². The van der Waals surface area contributed by atoms with Crippen molar-refractivity contribution in [3.8, 4) is 0 Å². The Bertz CT molecular complexity index is 932. The van der Waals surface area contributed by atoms with Crippen LogP contribution in [0.3, 0.4) is 0 Å². The molecule has 210 valence electrons. The lowest BCUT2D eigenvalue weighted by molar-refractivity contribution is -0.166. The van der Waals surface area contributed by atoms with E-state index in [1.807, 2.05) is 0 Å². The van der Waals surface area contributed by atoms with Crippen molar-refractivity contribution in [1.29, 1.82) is 0 Å². The maximum absolute atomic E-state index is 12.5. The molecule has 1 aliphatic heterocycles. The molecule has 2 spiro atoms. The number of hydrogen-bond donors (Lipinski definition) is 1. The molecule has 5 unspecified atom stereocenters. The van der Waals surface area contributed by atoms with Gasteiger partial charge in [-0.25, -0.2) is 4.79 Å². The predicted molar refractivity (Wildman–Crippen MR) is 145 cm³/mol. The van der Waals surface area contributed by atoms with Crippen LogP contribution in [0.15, 0.2) is 0 Å². The molecule has 0 aromatic rings. The van der Waals surface area contributed by atoms with Crippen molar-refractivity contribution in [2.45, 2.75) is 124 Å². The molecule has 5 saturated carbocycles. The minimum absolute atomic E-state index is 0.0125. The highest BCUT2D eigenvalue weighted by Crippen LogP contribution is 2.87. The Hall–Kier alpha value is -0.810. The molecule has 0 bridgehead atoms. The Morgan fingerprint density at radius 3 is 2.41 bits per heavy atom. The third kappa shape index (κ3) is 3.44. The summed E-state index contributed by atoms with van der Waals surface area (Å²) in [4.78, 5) is 14.0. The first-order chi connectivity index (χ1) is 17.3. The molecule has 0 radical (unpaired) electrons. The highest BCUT2D eigenvalue weighted by molar-refractivity contribution is 5.67. The van der Waals surface area contributed by atoms with E-state index in [0.717, 1.165) is 24.7 Å². The number of nitrogens with zero attached hydrogens (tertiary/aromatic N) is 1. The normalized spacial score (nSPS) is 52.2. The average molecular weight is 516 g/mol. The zero-order valence-corrected chi connectivity index (χ0v) is 24.8. The van der Waals surface area contributed by atoms with Crippen LogP contribution < -0.4 is 0 Å². The summed E-state index contributed by atoms with van der Waals surface area (Å²) in [5, 5.41) is 10.9. The molecule has 5 aliphatic carbocycles. The third-order valence-electron chi connectivity index (χ3n) is 13.5. The summed E-state index contributed by atoms with van der Waals surface area (Å²) < 4.78 is 13.0. The van der Waals surface area contributed by atoms with E-state index in [1.165, 1.54) is 49.8 Å². The smallest absolute Gasteiger partial charge is 0.409 e. The van der Waals surface area contributed by atoms with Crippen LogP contribution >= 0.6 is 0 Å². The van der Waals surface area contributed by atoms with Gasteiger partial charge in [-0.3, -0.25) is 0 Å². The van der Waals surface area contributed by atoms with Crippen molar-refractivity contribution in [2.24, 2.45) is 57.2 Å². The summed E-state index contributed by atoms with van der Waals surface area (Å²) in [5.41, 5.74) is 1.43. The van der Waals surface area contributed by atoms with E-state index in [-0.39, 0.29) is 41.8 Å². The first kappa shape index (κ1) is 26.4. The van der Waals surface area contributed by atoms with E-state index < -0.39 is 0 Å². The lowest BCUT2D eigenvalue weighted by atomic mass is 9.46. The van der Waals surface area contributed by atoms with Gasteiger partial charge in [-0.15, -0.1) is 0 Å². The molecule has 6 rings (SSSR count). The zero-order chi connectivity index (χ0) is 26.7. The fourth-order valence-electron chi connectivity index (χ4n) is 11.9. The molecule has 0 aromatic heterocycles. The third-order valence-corrected chi connectivity index (χ3v) is 13.5. The molecule has 6 aliphatic rings. The Morgan fingerprint density at radius 2 is 1.73 bits per heavy atom. The molecule has 6 fully saturated rings. The molecular weight excluding hydrogens is 462 g/mol. The van der Waals surface area contributed by atoms with Crippen LogP contribution in [0.2, 0.25) is 0 Å². The van der Waals surface area contributed by atoms with Crippen molar-refractivity contribution < 1.29 is 19.4 Å². The average Bonchev–Trinajstić information content (AvgIpc) is 3.39. The van der Waals surface area contributed by atoms with Crippen LogP contribution in [0.5, 0.6) is 0 Å². The largest absolute Gasteiger partial charge is 0.443 e. The highest BCUT2D eigenvalue weighted by Gasteiger charge is 2.80. The van der Waals surface area contributed by atoms with Gasteiger partial charge >= 0.3 is 6.09 Å². The minimum Gasteiger partial charge on any atom is -0.443 e. The van der Waals surface area contributed by atoms with E-state index in [9.17, 15) is 9.90 Å². The van der Waals surface area contributed by atoms with Crippen LogP contribution in [0.4, 0.5) is 4.79 Å². The number of ether oxygens (including phenoxy) is 2. The summed E-state index contributed by atoms with van der Waals surface area (Å²) in [5.74, 6) is 3.67. The Balaban J connectivity index is 1.25. The molecule has 1 amide bonds. The van der Waals surface area contributed by atoms with Crippen molar-refractivity contribution in [2.75, 3.05) is 14.1 Å².